The van der Waals surface area contributed by atoms with Gasteiger partial charge >= 0.3 is 0 Å². The number of nitrogens with one attached hydrogen (secondary N) is 1. The number of hydrogen-bond acceptors (Lipinski definition) is 4. The summed E-state index contributed by atoms with van der Waals surface area (Å²) in [6, 6.07) is 16.6. The third kappa shape index (κ3) is 4.69. The smallest absolute Gasteiger partial charge is 0.206 e. The van der Waals surface area contributed by atoms with Crippen molar-refractivity contribution in [2.75, 3.05) is 14.1 Å². The average Bonchev–Trinajstić information content (AvgIpc) is 2.55. The molecule has 2 aromatic carbocycles. The SMILES string of the molecule is CC(C)N[C@H](C)[C@@H](c1ccc(S(=O)(=O)c2ccccc2)cc1)N(C)C. The summed E-state index contributed by atoms with van der Waals surface area (Å²) < 4.78 is 25.4. The molecular weight excluding hydrogens is 332 g/mol. The Kier molecular flexibility index (Phi) is 6.38. The van der Waals surface area contributed by atoms with Crippen LogP contribution in [0.3, 0.4) is 0 Å². The Morgan fingerprint density at radius 1 is 0.840 bits per heavy atom. The Labute approximate surface area is 151 Å². The van der Waals surface area contributed by atoms with E-state index < -0.39 is 9.84 Å². The fourth-order valence-electron chi connectivity index (χ4n) is 3.23. The Morgan fingerprint density at radius 3 is 1.84 bits per heavy atom. The third-order valence-corrected chi connectivity index (χ3v) is 6.00. The van der Waals surface area contributed by atoms with E-state index >= 15 is 0 Å². The summed E-state index contributed by atoms with van der Waals surface area (Å²) in [4.78, 5) is 2.80. The lowest BCUT2D eigenvalue weighted by atomic mass is 9.99. The lowest BCUT2D eigenvalue weighted by molar-refractivity contribution is 0.233. The Morgan fingerprint density at radius 2 is 1.36 bits per heavy atom. The number of hydrogen-bond donors (Lipinski definition) is 1. The molecule has 1 N–H and O–H groups in total. The fraction of sp³-hybridized carbons (Fsp3) is 0.400. The van der Waals surface area contributed by atoms with Crippen LogP contribution in [0.15, 0.2) is 64.4 Å². The van der Waals surface area contributed by atoms with E-state index in [0.29, 0.717) is 15.8 Å². The minimum Gasteiger partial charge on any atom is -0.310 e. The number of likely N-dealkylation sites (N-methyl/N-ethyl adjacent to an activating group) is 1. The van der Waals surface area contributed by atoms with Crippen LogP contribution in [-0.4, -0.2) is 39.5 Å². The molecule has 0 saturated carbocycles. The van der Waals surface area contributed by atoms with Crippen molar-refractivity contribution in [3.05, 3.63) is 60.2 Å². The first-order chi connectivity index (χ1) is 11.7. The van der Waals surface area contributed by atoms with E-state index in [1.807, 2.05) is 32.3 Å². The van der Waals surface area contributed by atoms with Crippen molar-refractivity contribution in [3.63, 3.8) is 0 Å². The molecule has 2 aromatic rings. The van der Waals surface area contributed by atoms with Crippen molar-refractivity contribution in [2.45, 2.75) is 48.7 Å². The highest BCUT2D eigenvalue weighted by Gasteiger charge is 2.23. The van der Waals surface area contributed by atoms with Crippen molar-refractivity contribution >= 4 is 9.84 Å². The summed E-state index contributed by atoms with van der Waals surface area (Å²) in [6.07, 6.45) is 0. The molecule has 4 nitrogen and oxygen atoms in total. The van der Waals surface area contributed by atoms with Crippen molar-refractivity contribution < 1.29 is 8.42 Å². The molecule has 0 aromatic heterocycles. The van der Waals surface area contributed by atoms with Crippen molar-refractivity contribution in [1.29, 1.82) is 0 Å². The second-order valence-corrected chi connectivity index (χ2v) is 8.85. The molecule has 0 fully saturated rings. The number of sulfone groups is 1. The van der Waals surface area contributed by atoms with Crippen LogP contribution >= 0.6 is 0 Å². The van der Waals surface area contributed by atoms with Gasteiger partial charge in [0, 0.05) is 18.1 Å². The summed E-state index contributed by atoms with van der Waals surface area (Å²) in [7, 11) is 0.609. The first-order valence-electron chi connectivity index (χ1n) is 8.56. The zero-order valence-corrected chi connectivity index (χ0v) is 16.4. The lowest BCUT2D eigenvalue weighted by Crippen LogP contribution is -2.42. The van der Waals surface area contributed by atoms with Crippen LogP contribution in [0.1, 0.15) is 32.4 Å². The molecule has 0 saturated heterocycles. The van der Waals surface area contributed by atoms with Crippen molar-refractivity contribution in [2.24, 2.45) is 0 Å². The highest BCUT2D eigenvalue weighted by Crippen LogP contribution is 2.26. The van der Waals surface area contributed by atoms with Gasteiger partial charge in [-0.15, -0.1) is 0 Å². The van der Waals surface area contributed by atoms with E-state index in [0.717, 1.165) is 5.56 Å². The largest absolute Gasteiger partial charge is 0.310 e. The van der Waals surface area contributed by atoms with Crippen molar-refractivity contribution in [1.82, 2.24) is 10.2 Å². The predicted molar refractivity (Wildman–Crippen MR) is 102 cm³/mol. The summed E-state index contributed by atoms with van der Waals surface area (Å²) in [5.74, 6) is 0. The molecule has 2 atom stereocenters. The van der Waals surface area contributed by atoms with E-state index in [9.17, 15) is 8.42 Å². The standard InChI is InChI=1S/C20H28N2O2S/c1-15(2)21-16(3)20(22(4)5)17-11-13-19(14-12-17)25(23,24)18-9-7-6-8-10-18/h6-16,20-21H,1-5H3/t16-,20+/m1/s1. The van der Waals surface area contributed by atoms with Gasteiger partial charge in [-0.2, -0.15) is 0 Å². The van der Waals surface area contributed by atoms with E-state index in [4.69, 9.17) is 0 Å². The maximum Gasteiger partial charge on any atom is 0.206 e. The predicted octanol–water partition coefficient (Wildman–Crippen LogP) is 3.51. The summed E-state index contributed by atoms with van der Waals surface area (Å²) in [5, 5.41) is 3.53. The second kappa shape index (κ2) is 8.13. The van der Waals surface area contributed by atoms with Gasteiger partial charge < -0.3 is 10.2 Å². The van der Waals surface area contributed by atoms with Gasteiger partial charge in [0.25, 0.3) is 0 Å². The van der Waals surface area contributed by atoms with Crippen LogP contribution in [0.5, 0.6) is 0 Å². The summed E-state index contributed by atoms with van der Waals surface area (Å²) >= 11 is 0. The molecule has 0 spiro atoms. The van der Waals surface area contributed by atoms with Gasteiger partial charge in [-0.25, -0.2) is 8.42 Å². The molecule has 0 radical (unpaired) electrons. The van der Waals surface area contributed by atoms with Gasteiger partial charge in [0.05, 0.1) is 9.79 Å². The molecule has 0 amide bonds. The minimum absolute atomic E-state index is 0.163. The first kappa shape index (κ1) is 19.6. The molecule has 0 aliphatic heterocycles. The molecule has 0 aliphatic rings. The summed E-state index contributed by atoms with van der Waals surface area (Å²) in [6.45, 7) is 6.40. The number of rotatable bonds is 7. The minimum atomic E-state index is -3.47. The van der Waals surface area contributed by atoms with Crippen LogP contribution in [0.4, 0.5) is 0 Å². The third-order valence-electron chi connectivity index (χ3n) is 4.21. The Bertz CT molecular complexity index is 769. The Balaban J connectivity index is 2.32. The normalized spacial score (nSPS) is 14.7. The molecule has 0 unspecified atom stereocenters. The molecule has 2 rings (SSSR count). The molecule has 5 heteroatoms. The number of nitrogens with zero attached hydrogens (tertiary/aromatic N) is 1. The van der Waals surface area contributed by atoms with Gasteiger partial charge in [-0.05, 0) is 50.8 Å². The van der Waals surface area contributed by atoms with Gasteiger partial charge in [-0.3, -0.25) is 0 Å². The molecule has 25 heavy (non-hydrogen) atoms. The number of benzene rings is 2. The zero-order chi connectivity index (χ0) is 18.6. The molecule has 0 aliphatic carbocycles. The van der Waals surface area contributed by atoms with E-state index in [1.165, 1.54) is 0 Å². The lowest BCUT2D eigenvalue weighted by Gasteiger charge is -2.32. The van der Waals surface area contributed by atoms with Gasteiger partial charge in [-0.1, -0.05) is 44.2 Å². The van der Waals surface area contributed by atoms with Crippen LogP contribution in [0.2, 0.25) is 0 Å². The van der Waals surface area contributed by atoms with Crippen LogP contribution < -0.4 is 5.32 Å². The fourth-order valence-corrected chi connectivity index (χ4v) is 4.51. The molecule has 0 heterocycles. The van der Waals surface area contributed by atoms with E-state index in [2.05, 4.69) is 31.0 Å². The topological polar surface area (TPSA) is 49.4 Å². The summed E-state index contributed by atoms with van der Waals surface area (Å²) in [5.41, 5.74) is 1.10. The maximum atomic E-state index is 12.7. The average molecular weight is 361 g/mol. The van der Waals surface area contributed by atoms with Crippen LogP contribution in [0, 0.1) is 0 Å². The highest BCUT2D eigenvalue weighted by molar-refractivity contribution is 7.91. The molecular formula is C20H28N2O2S. The van der Waals surface area contributed by atoms with Gasteiger partial charge in [0.15, 0.2) is 0 Å². The van der Waals surface area contributed by atoms with Crippen LogP contribution in [-0.2, 0) is 9.84 Å². The molecule has 136 valence electrons. The van der Waals surface area contributed by atoms with Gasteiger partial charge in [0.2, 0.25) is 9.84 Å². The second-order valence-electron chi connectivity index (χ2n) is 6.90. The van der Waals surface area contributed by atoms with Crippen LogP contribution in [0.25, 0.3) is 0 Å². The quantitative estimate of drug-likeness (QED) is 0.821. The monoisotopic (exact) mass is 360 g/mol. The van der Waals surface area contributed by atoms with E-state index in [-0.39, 0.29) is 12.1 Å². The first-order valence-corrected chi connectivity index (χ1v) is 10.0. The van der Waals surface area contributed by atoms with Crippen molar-refractivity contribution in [3.8, 4) is 0 Å². The zero-order valence-electron chi connectivity index (χ0n) is 15.6. The highest BCUT2D eigenvalue weighted by atomic mass is 32.2. The Hall–Kier alpha value is -1.69. The van der Waals surface area contributed by atoms with Gasteiger partial charge in [0.1, 0.15) is 0 Å². The molecule has 0 bridgehead atoms. The maximum absolute atomic E-state index is 12.7. The van der Waals surface area contributed by atoms with E-state index in [1.54, 1.807) is 36.4 Å².